The fourth-order valence-corrected chi connectivity index (χ4v) is 7.35. The summed E-state index contributed by atoms with van der Waals surface area (Å²) in [6.07, 6.45) is 6.51. The van der Waals surface area contributed by atoms with E-state index < -0.39 is 17.7 Å². The SMILES string of the molecule is CC1C=c2nc3ccccc3c(C(=O)NCCOCCOCCNC(=O)C3C=C(C(=O)N4CCNCCNCC4)C(O)=C(C(=O)N4CCNCCNC4)C3)c2=CC1. The smallest absolute Gasteiger partial charge is 0.257 e. The fourth-order valence-electron chi connectivity index (χ4n) is 7.35. The van der Waals surface area contributed by atoms with Crippen LogP contribution in [0.25, 0.3) is 23.1 Å². The minimum absolute atomic E-state index is 0.0355. The molecule has 3 heterocycles. The van der Waals surface area contributed by atoms with Gasteiger partial charge in [-0.1, -0.05) is 43.4 Å². The van der Waals surface area contributed by atoms with E-state index >= 15 is 0 Å². The number of fused-ring (bicyclic) bond motifs is 2. The third-order valence-electron chi connectivity index (χ3n) is 10.4. The van der Waals surface area contributed by atoms with Crippen molar-refractivity contribution in [1.82, 2.24) is 46.7 Å². The lowest BCUT2D eigenvalue weighted by molar-refractivity contribution is -0.128. The highest BCUT2D eigenvalue weighted by Gasteiger charge is 2.36. The summed E-state index contributed by atoms with van der Waals surface area (Å²) in [4.78, 5) is 62.5. The van der Waals surface area contributed by atoms with E-state index in [2.05, 4.69) is 51.0 Å². The number of aliphatic hydroxyl groups is 1. The van der Waals surface area contributed by atoms with E-state index in [9.17, 15) is 24.3 Å². The number of nitrogens with zero attached hydrogens (tertiary/aromatic N) is 3. The second-order valence-corrected chi connectivity index (χ2v) is 14.6. The Hall–Kier alpha value is -4.71. The van der Waals surface area contributed by atoms with Gasteiger partial charge >= 0.3 is 0 Å². The second kappa shape index (κ2) is 21.2. The van der Waals surface area contributed by atoms with Crippen molar-refractivity contribution in [3.05, 3.63) is 63.4 Å². The van der Waals surface area contributed by atoms with Crippen LogP contribution in [0.1, 0.15) is 30.1 Å². The maximum absolute atomic E-state index is 13.9. The molecule has 0 spiro atoms. The van der Waals surface area contributed by atoms with E-state index in [1.807, 2.05) is 24.3 Å². The zero-order valence-corrected chi connectivity index (χ0v) is 32.9. The number of aliphatic hydroxyl groups excluding tert-OH is 1. The van der Waals surface area contributed by atoms with Gasteiger partial charge in [-0.3, -0.25) is 24.5 Å². The molecule has 0 saturated carbocycles. The summed E-state index contributed by atoms with van der Waals surface area (Å²) in [5.74, 6) is -2.23. The average molecular weight is 788 g/mol. The van der Waals surface area contributed by atoms with Crippen molar-refractivity contribution in [2.75, 3.05) is 112 Å². The molecule has 1 aromatic carbocycles. The van der Waals surface area contributed by atoms with Crippen LogP contribution in [0.2, 0.25) is 0 Å². The number of amides is 4. The van der Waals surface area contributed by atoms with Gasteiger partial charge in [-0.05, 0) is 24.8 Å². The molecule has 2 saturated heterocycles. The summed E-state index contributed by atoms with van der Waals surface area (Å²) in [7, 11) is 0. The summed E-state index contributed by atoms with van der Waals surface area (Å²) >= 11 is 0. The average Bonchev–Trinajstić information content (AvgIpc) is 3.34. The minimum atomic E-state index is -0.845. The number of aromatic nitrogens is 1. The first-order valence-corrected chi connectivity index (χ1v) is 20.2. The lowest BCUT2D eigenvalue weighted by Crippen LogP contribution is -2.48. The van der Waals surface area contributed by atoms with Crippen LogP contribution in [-0.4, -0.2) is 155 Å². The van der Waals surface area contributed by atoms with E-state index in [0.29, 0.717) is 83.7 Å². The van der Waals surface area contributed by atoms with Crippen molar-refractivity contribution in [2.24, 2.45) is 11.8 Å². The molecule has 6 rings (SSSR count). The van der Waals surface area contributed by atoms with Crippen LogP contribution in [0.3, 0.4) is 0 Å². The molecule has 2 fully saturated rings. The molecule has 57 heavy (non-hydrogen) atoms. The van der Waals surface area contributed by atoms with E-state index in [1.165, 1.54) is 6.08 Å². The normalized spacial score (nSPS) is 20.7. The highest BCUT2D eigenvalue weighted by molar-refractivity contribution is 6.06. The van der Waals surface area contributed by atoms with Crippen molar-refractivity contribution in [2.45, 2.75) is 19.8 Å². The van der Waals surface area contributed by atoms with Gasteiger partial charge in [0, 0.05) is 89.1 Å². The van der Waals surface area contributed by atoms with Crippen molar-refractivity contribution in [1.29, 1.82) is 0 Å². The van der Waals surface area contributed by atoms with Crippen LogP contribution < -0.4 is 42.5 Å². The number of carbonyl (C=O) groups excluding carboxylic acids is 4. The van der Waals surface area contributed by atoms with Crippen LogP contribution >= 0.6 is 0 Å². The predicted octanol–water partition coefficient (Wildman–Crippen LogP) is -1.53. The van der Waals surface area contributed by atoms with Crippen molar-refractivity contribution in [3.63, 3.8) is 0 Å². The quantitative estimate of drug-likeness (QED) is 0.116. The van der Waals surface area contributed by atoms with Gasteiger partial charge in [0.15, 0.2) is 0 Å². The zero-order chi connectivity index (χ0) is 40.0. The van der Waals surface area contributed by atoms with Crippen LogP contribution in [0.15, 0.2) is 47.2 Å². The first kappa shape index (κ1) is 41.9. The molecular weight excluding hydrogens is 731 g/mol. The van der Waals surface area contributed by atoms with Crippen LogP contribution in [0, 0.1) is 11.8 Å². The third kappa shape index (κ3) is 11.2. The molecule has 7 N–H and O–H groups in total. The van der Waals surface area contributed by atoms with Gasteiger partial charge < -0.3 is 51.0 Å². The number of benzene rings is 1. The van der Waals surface area contributed by atoms with E-state index in [-0.39, 0.29) is 54.9 Å². The Bertz CT molecular complexity index is 1930. The van der Waals surface area contributed by atoms with E-state index in [4.69, 9.17) is 14.5 Å². The van der Waals surface area contributed by atoms with E-state index in [1.54, 1.807) is 9.80 Å². The van der Waals surface area contributed by atoms with Crippen molar-refractivity contribution >= 4 is 46.7 Å². The number of pyridine rings is 1. The molecule has 2 aliphatic carbocycles. The molecule has 2 aromatic rings. The van der Waals surface area contributed by atoms with Gasteiger partial charge in [0.05, 0.1) is 66.6 Å². The molecule has 308 valence electrons. The highest BCUT2D eigenvalue weighted by atomic mass is 16.5. The number of hydrogen-bond acceptors (Lipinski definition) is 12. The molecule has 2 atom stereocenters. The Kier molecular flexibility index (Phi) is 15.6. The summed E-state index contributed by atoms with van der Waals surface area (Å²) in [6, 6.07) is 7.68. The highest BCUT2D eigenvalue weighted by Crippen LogP contribution is 2.30. The van der Waals surface area contributed by atoms with Gasteiger partial charge in [-0.25, -0.2) is 4.98 Å². The van der Waals surface area contributed by atoms with Crippen molar-refractivity contribution in [3.8, 4) is 0 Å². The predicted molar refractivity (Wildman–Crippen MR) is 216 cm³/mol. The molecule has 0 bridgehead atoms. The molecule has 4 amide bonds. The third-order valence-corrected chi connectivity index (χ3v) is 10.4. The molecule has 16 nitrogen and oxygen atoms in total. The lowest BCUT2D eigenvalue weighted by Gasteiger charge is -2.31. The molecule has 16 heteroatoms. The summed E-state index contributed by atoms with van der Waals surface area (Å²) < 4.78 is 11.4. The Balaban J connectivity index is 0.970. The molecule has 2 aliphatic heterocycles. The lowest BCUT2D eigenvalue weighted by atomic mass is 9.86. The Labute approximate surface area is 333 Å². The van der Waals surface area contributed by atoms with Gasteiger partial charge in [-0.15, -0.1) is 0 Å². The standard InChI is InChI=1S/C41H57N9O7/c1-28-6-7-31-35(24-28)48-34-5-3-2-4-30(34)36(31)39(53)47-16-21-57-23-22-56-20-15-46-38(52)29-25-32(40(54)49-17-12-42-8-9-43-13-18-49)37(51)33(26-29)41(55)50-19-14-44-10-11-45-27-50/h2-5,7,24-25,28-29,42-45,51H,6,8-23,26-27H2,1H3,(H,46,52)(H,47,53). The summed E-state index contributed by atoms with van der Waals surface area (Å²) in [5, 5.41) is 32.8. The number of para-hydroxylation sites is 1. The first-order valence-electron chi connectivity index (χ1n) is 20.2. The van der Waals surface area contributed by atoms with Gasteiger partial charge in [0.1, 0.15) is 5.76 Å². The van der Waals surface area contributed by atoms with Crippen LogP contribution in [0.4, 0.5) is 0 Å². The zero-order valence-electron chi connectivity index (χ0n) is 32.9. The van der Waals surface area contributed by atoms with Gasteiger partial charge in [0.2, 0.25) is 5.91 Å². The number of rotatable bonds is 13. The number of nitrogens with one attached hydrogen (secondary N) is 6. The van der Waals surface area contributed by atoms with Gasteiger partial charge in [0.25, 0.3) is 17.7 Å². The molecular formula is C41H57N9O7. The Morgan fingerprint density at radius 2 is 1.46 bits per heavy atom. The van der Waals surface area contributed by atoms with Crippen molar-refractivity contribution < 1.29 is 33.8 Å². The maximum atomic E-state index is 13.9. The molecule has 1 aromatic heterocycles. The largest absolute Gasteiger partial charge is 0.507 e. The van der Waals surface area contributed by atoms with Crippen LogP contribution in [-0.2, 0) is 23.9 Å². The number of hydrogen-bond donors (Lipinski definition) is 7. The molecule has 4 aliphatic rings. The first-order chi connectivity index (χ1) is 27.8. The fraction of sp³-hybridized carbons (Fsp3) is 0.537. The van der Waals surface area contributed by atoms with Crippen LogP contribution in [0.5, 0.6) is 0 Å². The minimum Gasteiger partial charge on any atom is -0.507 e. The summed E-state index contributed by atoms with van der Waals surface area (Å²) in [5.41, 5.74) is 1.43. The summed E-state index contributed by atoms with van der Waals surface area (Å²) in [6.45, 7) is 10.1. The topological polar surface area (TPSA) is 199 Å². The molecule has 0 radical (unpaired) electrons. The van der Waals surface area contributed by atoms with E-state index in [0.717, 1.165) is 47.5 Å². The Morgan fingerprint density at radius 1 is 0.807 bits per heavy atom. The second-order valence-electron chi connectivity index (χ2n) is 14.6. The monoisotopic (exact) mass is 787 g/mol. The number of ether oxygens (including phenoxy) is 2. The molecule has 2 unspecified atom stereocenters. The maximum Gasteiger partial charge on any atom is 0.257 e. The number of carbonyl (C=O) groups is 4. The van der Waals surface area contributed by atoms with Gasteiger partial charge in [-0.2, -0.15) is 0 Å². The Morgan fingerprint density at radius 3 is 2.18 bits per heavy atom.